The Morgan fingerprint density at radius 2 is 1.60 bits per heavy atom. The normalized spacial score (nSPS) is 24.1. The number of fused-ring (bicyclic) bond motifs is 1. The van der Waals surface area contributed by atoms with Gasteiger partial charge in [-0.2, -0.15) is 4.98 Å². The summed E-state index contributed by atoms with van der Waals surface area (Å²) in [5.74, 6) is -0.746. The SMILES string of the molecule is CC(C)C(=O)Nc1nc2c(ncn2[C@@H]2O[C@H](CNC(c3ccccc3)(c3ccccc3)c3ccccc3)[C@@H](O)[C@]2(O)C2CCCCO2)c(=O)[nH]1. The Labute approximate surface area is 289 Å². The van der Waals surface area contributed by atoms with E-state index in [0.29, 0.717) is 13.0 Å². The van der Waals surface area contributed by atoms with Crippen LogP contribution in [0.5, 0.6) is 0 Å². The van der Waals surface area contributed by atoms with E-state index in [0.717, 1.165) is 29.5 Å². The molecule has 12 nitrogen and oxygen atoms in total. The van der Waals surface area contributed by atoms with E-state index in [4.69, 9.17) is 9.47 Å². The number of imidazole rings is 1. The van der Waals surface area contributed by atoms with Crippen molar-refractivity contribution in [3.8, 4) is 0 Å². The van der Waals surface area contributed by atoms with Gasteiger partial charge in [0, 0.05) is 19.1 Å². The first kappa shape index (κ1) is 33.8. The second-order valence-electron chi connectivity index (χ2n) is 13.3. The lowest BCUT2D eigenvalue weighted by atomic mass is 9.76. The number of nitrogens with one attached hydrogen (secondary N) is 3. The highest BCUT2D eigenvalue weighted by Crippen LogP contribution is 2.46. The van der Waals surface area contributed by atoms with E-state index in [-0.39, 0.29) is 35.5 Å². The lowest BCUT2D eigenvalue weighted by Crippen LogP contribution is -2.58. The first-order chi connectivity index (χ1) is 24.2. The van der Waals surface area contributed by atoms with Crippen LogP contribution in [-0.4, -0.2) is 72.7 Å². The van der Waals surface area contributed by atoms with Crippen molar-refractivity contribution >= 4 is 23.0 Å². The van der Waals surface area contributed by atoms with Gasteiger partial charge in [0.1, 0.15) is 12.2 Å². The van der Waals surface area contributed by atoms with Crippen LogP contribution in [0.1, 0.15) is 56.0 Å². The number of aromatic amines is 1. The Hall–Kier alpha value is -4.72. The van der Waals surface area contributed by atoms with Crippen LogP contribution in [0.2, 0.25) is 0 Å². The largest absolute Gasteiger partial charge is 0.387 e. The van der Waals surface area contributed by atoms with Crippen molar-refractivity contribution < 1.29 is 24.5 Å². The second kappa shape index (κ2) is 13.9. The summed E-state index contributed by atoms with van der Waals surface area (Å²) in [6.45, 7) is 3.99. The maximum atomic E-state index is 13.1. The van der Waals surface area contributed by atoms with Gasteiger partial charge in [0.25, 0.3) is 5.56 Å². The minimum atomic E-state index is -1.94. The number of ether oxygens (including phenoxy) is 2. The molecule has 7 rings (SSSR count). The second-order valence-corrected chi connectivity index (χ2v) is 13.3. The molecule has 12 heteroatoms. The molecular weight excluding hydrogens is 636 g/mol. The molecule has 0 aliphatic carbocycles. The molecule has 5 atom stereocenters. The maximum Gasteiger partial charge on any atom is 0.280 e. The lowest BCUT2D eigenvalue weighted by molar-refractivity contribution is -0.197. The smallest absolute Gasteiger partial charge is 0.280 e. The van der Waals surface area contributed by atoms with Crippen LogP contribution < -0.4 is 16.2 Å². The number of amides is 1. The third kappa shape index (κ3) is 5.92. The standard InChI is InChI=1S/C38H42N6O6/c1-24(2)33(46)42-36-41-32-30(34(47)43-36)39-23-44(32)35-38(48,29-20-12-13-21-49-29)31(45)28(50-35)22-40-37(25-14-6-3-7-15-25,26-16-8-4-9-17-26)27-18-10-5-11-19-27/h3-11,14-19,23-24,28-29,31,35,40,45,48H,12-13,20-22H2,1-2H3,(H2,41,42,43,46,47)/t28-,29?,31-,35-,38-/m1/s1. The van der Waals surface area contributed by atoms with Crippen LogP contribution in [0.4, 0.5) is 5.95 Å². The maximum absolute atomic E-state index is 13.1. The summed E-state index contributed by atoms with van der Waals surface area (Å²) in [4.78, 5) is 36.9. The van der Waals surface area contributed by atoms with E-state index in [1.54, 1.807) is 13.8 Å². The minimum absolute atomic E-state index is 0.00428. The zero-order valence-corrected chi connectivity index (χ0v) is 28.0. The number of aliphatic hydroxyl groups is 2. The number of carbonyl (C=O) groups is 1. The van der Waals surface area contributed by atoms with Crippen LogP contribution in [-0.2, 0) is 19.8 Å². The number of rotatable bonds is 10. The zero-order chi connectivity index (χ0) is 34.9. The predicted octanol–water partition coefficient (Wildman–Crippen LogP) is 3.85. The quantitative estimate of drug-likeness (QED) is 0.138. The molecule has 2 aromatic heterocycles. The third-order valence-electron chi connectivity index (χ3n) is 9.86. The molecule has 4 heterocycles. The zero-order valence-electron chi connectivity index (χ0n) is 28.0. The molecule has 3 aromatic carbocycles. The summed E-state index contributed by atoms with van der Waals surface area (Å²) in [5.41, 5.74) is -0.353. The molecule has 260 valence electrons. The Kier molecular flexibility index (Phi) is 9.38. The molecule has 0 bridgehead atoms. The number of aromatic nitrogens is 4. The number of H-pyrrole nitrogens is 1. The number of anilines is 1. The van der Waals surface area contributed by atoms with Gasteiger partial charge in [-0.15, -0.1) is 0 Å². The Bertz CT molecular complexity index is 1880. The number of aliphatic hydroxyl groups excluding tert-OH is 1. The fraction of sp³-hybridized carbons (Fsp3) is 0.368. The van der Waals surface area contributed by atoms with Gasteiger partial charge < -0.3 is 19.7 Å². The van der Waals surface area contributed by atoms with E-state index in [1.807, 2.05) is 54.6 Å². The summed E-state index contributed by atoms with van der Waals surface area (Å²) in [7, 11) is 0. The van der Waals surface area contributed by atoms with Gasteiger partial charge in [0.05, 0.1) is 18.0 Å². The van der Waals surface area contributed by atoms with Crippen molar-refractivity contribution in [2.75, 3.05) is 18.5 Å². The van der Waals surface area contributed by atoms with Crippen LogP contribution in [0.3, 0.4) is 0 Å². The Morgan fingerprint density at radius 3 is 2.14 bits per heavy atom. The summed E-state index contributed by atoms with van der Waals surface area (Å²) in [6.07, 6.45) is -0.883. The van der Waals surface area contributed by atoms with E-state index >= 15 is 0 Å². The van der Waals surface area contributed by atoms with Gasteiger partial charge in [-0.3, -0.25) is 29.8 Å². The molecule has 0 saturated carbocycles. The average molecular weight is 679 g/mol. The van der Waals surface area contributed by atoms with Crippen LogP contribution in [0.15, 0.2) is 102 Å². The molecule has 2 aliphatic heterocycles. The molecule has 2 fully saturated rings. The van der Waals surface area contributed by atoms with Gasteiger partial charge in [-0.05, 0) is 36.0 Å². The topological polar surface area (TPSA) is 164 Å². The van der Waals surface area contributed by atoms with Gasteiger partial charge >= 0.3 is 0 Å². The van der Waals surface area contributed by atoms with Crippen molar-refractivity contribution in [3.05, 3.63) is 124 Å². The number of carbonyl (C=O) groups excluding carboxylic acids is 1. The molecule has 1 unspecified atom stereocenters. The molecule has 5 aromatic rings. The summed E-state index contributed by atoms with van der Waals surface area (Å²) >= 11 is 0. The molecule has 50 heavy (non-hydrogen) atoms. The van der Waals surface area contributed by atoms with Gasteiger partial charge in [-0.1, -0.05) is 105 Å². The highest BCUT2D eigenvalue weighted by atomic mass is 16.6. The van der Waals surface area contributed by atoms with Crippen molar-refractivity contribution in [3.63, 3.8) is 0 Å². The van der Waals surface area contributed by atoms with E-state index in [1.165, 1.54) is 10.9 Å². The first-order valence-electron chi connectivity index (χ1n) is 17.1. The molecule has 0 radical (unpaired) electrons. The molecule has 2 saturated heterocycles. The summed E-state index contributed by atoms with van der Waals surface area (Å²) < 4.78 is 14.2. The van der Waals surface area contributed by atoms with Gasteiger partial charge in [-0.25, -0.2) is 4.98 Å². The molecule has 1 amide bonds. The predicted molar refractivity (Wildman–Crippen MR) is 187 cm³/mol. The first-order valence-corrected chi connectivity index (χ1v) is 17.1. The van der Waals surface area contributed by atoms with Crippen LogP contribution in [0.25, 0.3) is 11.2 Å². The van der Waals surface area contributed by atoms with Gasteiger partial charge in [0.15, 0.2) is 23.0 Å². The van der Waals surface area contributed by atoms with Crippen molar-refractivity contribution in [2.45, 2.75) is 68.8 Å². The van der Waals surface area contributed by atoms with Crippen LogP contribution in [0, 0.1) is 5.92 Å². The minimum Gasteiger partial charge on any atom is -0.387 e. The van der Waals surface area contributed by atoms with Crippen LogP contribution >= 0.6 is 0 Å². The van der Waals surface area contributed by atoms with E-state index in [2.05, 4.69) is 62.0 Å². The summed E-state index contributed by atoms with van der Waals surface area (Å²) in [5, 5.41) is 31.2. The van der Waals surface area contributed by atoms with E-state index in [9.17, 15) is 19.8 Å². The molecule has 2 aliphatic rings. The lowest BCUT2D eigenvalue weighted by Gasteiger charge is -2.40. The summed E-state index contributed by atoms with van der Waals surface area (Å²) in [6, 6.07) is 30.2. The average Bonchev–Trinajstić information content (AvgIpc) is 3.68. The van der Waals surface area contributed by atoms with Gasteiger partial charge in [0.2, 0.25) is 11.9 Å². The van der Waals surface area contributed by atoms with Crippen molar-refractivity contribution in [1.29, 1.82) is 0 Å². The molecular formula is C38H42N6O6. The highest BCUT2D eigenvalue weighted by Gasteiger charge is 2.61. The number of benzene rings is 3. The van der Waals surface area contributed by atoms with E-state index < -0.39 is 41.2 Å². The third-order valence-corrected chi connectivity index (χ3v) is 9.86. The number of hydrogen-bond donors (Lipinski definition) is 5. The number of hydrogen-bond acceptors (Lipinski definition) is 9. The Balaban J connectivity index is 1.30. The molecule has 0 spiro atoms. The highest BCUT2D eigenvalue weighted by molar-refractivity contribution is 5.91. The monoisotopic (exact) mass is 678 g/mol. The fourth-order valence-electron chi connectivity index (χ4n) is 7.24. The van der Waals surface area contributed by atoms with Crippen molar-refractivity contribution in [2.24, 2.45) is 5.92 Å². The fourth-order valence-corrected chi connectivity index (χ4v) is 7.24. The van der Waals surface area contributed by atoms with Crippen molar-refractivity contribution in [1.82, 2.24) is 24.8 Å². The Morgan fingerprint density at radius 1 is 1.00 bits per heavy atom. The molecule has 5 N–H and O–H groups in total. The number of nitrogens with zero attached hydrogens (tertiary/aromatic N) is 3.